The summed E-state index contributed by atoms with van der Waals surface area (Å²) in [4.78, 5) is 26.5. The van der Waals surface area contributed by atoms with Crippen molar-refractivity contribution in [2.75, 3.05) is 0 Å². The molecule has 1 aromatic heterocycles. The van der Waals surface area contributed by atoms with Gasteiger partial charge < -0.3 is 9.84 Å². The summed E-state index contributed by atoms with van der Waals surface area (Å²) in [5, 5.41) is 8.78. The normalized spacial score (nSPS) is 20.3. The van der Waals surface area contributed by atoms with Crippen molar-refractivity contribution in [3.63, 3.8) is 0 Å². The van der Waals surface area contributed by atoms with Gasteiger partial charge in [0.15, 0.2) is 0 Å². The number of fused-ring (bicyclic) bond motifs is 1. The Morgan fingerprint density at radius 1 is 1.12 bits per heavy atom. The van der Waals surface area contributed by atoms with Crippen LogP contribution in [0.2, 0.25) is 0 Å². The fraction of sp³-hybridized carbons (Fsp3) is 0.211. The molecule has 6 nitrogen and oxygen atoms in total. The first-order valence-electron chi connectivity index (χ1n) is 8.03. The second-order valence-electron chi connectivity index (χ2n) is 6.44. The molecule has 6 heteroatoms. The Labute approximate surface area is 144 Å². The van der Waals surface area contributed by atoms with Gasteiger partial charge in [-0.05, 0) is 36.2 Å². The second-order valence-corrected chi connectivity index (χ2v) is 6.44. The van der Waals surface area contributed by atoms with Gasteiger partial charge in [0.25, 0.3) is 5.91 Å². The molecule has 3 amide bonds. The van der Waals surface area contributed by atoms with Crippen LogP contribution in [0.3, 0.4) is 0 Å². The van der Waals surface area contributed by atoms with Crippen LogP contribution >= 0.6 is 0 Å². The number of imide groups is 1. The molecule has 1 aliphatic rings. The first kappa shape index (κ1) is 15.4. The average Bonchev–Trinajstić information content (AvgIpc) is 3.11. The summed E-state index contributed by atoms with van der Waals surface area (Å²) >= 11 is 0. The van der Waals surface area contributed by atoms with E-state index in [4.69, 9.17) is 4.52 Å². The number of hydrogen-bond acceptors (Lipinski definition) is 4. The molecular weight excluding hydrogens is 318 g/mol. The second kappa shape index (κ2) is 5.44. The van der Waals surface area contributed by atoms with Gasteiger partial charge in [-0.25, -0.2) is 4.79 Å². The summed E-state index contributed by atoms with van der Waals surface area (Å²) < 4.78 is 5.01. The minimum absolute atomic E-state index is 0.0885. The molecule has 0 unspecified atom stereocenters. The van der Waals surface area contributed by atoms with Crippen LogP contribution in [0.4, 0.5) is 4.79 Å². The van der Waals surface area contributed by atoms with Crippen LogP contribution in [0.15, 0.2) is 53.1 Å². The van der Waals surface area contributed by atoms with Crippen LogP contribution < -0.4 is 5.32 Å². The zero-order valence-electron chi connectivity index (χ0n) is 13.9. The first-order chi connectivity index (χ1) is 12.0. The van der Waals surface area contributed by atoms with Crippen LogP contribution in [0, 0.1) is 6.92 Å². The number of nitrogens with one attached hydrogen (secondary N) is 1. The molecule has 1 N–H and O–H groups in total. The lowest BCUT2D eigenvalue weighted by atomic mass is 9.90. The zero-order chi connectivity index (χ0) is 17.6. The van der Waals surface area contributed by atoms with Crippen LogP contribution in [-0.2, 0) is 16.9 Å². The summed E-state index contributed by atoms with van der Waals surface area (Å²) in [5.41, 5.74) is 0.201. The van der Waals surface area contributed by atoms with Crippen molar-refractivity contribution in [1.82, 2.24) is 15.4 Å². The molecule has 0 bridgehead atoms. The average molecular weight is 335 g/mol. The zero-order valence-corrected chi connectivity index (χ0v) is 13.9. The van der Waals surface area contributed by atoms with E-state index in [0.29, 0.717) is 11.5 Å². The van der Waals surface area contributed by atoms with Crippen molar-refractivity contribution < 1.29 is 14.1 Å². The maximum atomic E-state index is 13.0. The van der Waals surface area contributed by atoms with Crippen molar-refractivity contribution >= 4 is 22.7 Å². The minimum Gasteiger partial charge on any atom is -0.361 e. The highest BCUT2D eigenvalue weighted by Gasteiger charge is 2.49. The summed E-state index contributed by atoms with van der Waals surface area (Å²) in [6, 6.07) is 15.0. The first-order valence-corrected chi connectivity index (χ1v) is 8.03. The third kappa shape index (κ3) is 2.46. The Kier molecular flexibility index (Phi) is 3.35. The van der Waals surface area contributed by atoms with Crippen molar-refractivity contribution in [1.29, 1.82) is 0 Å². The van der Waals surface area contributed by atoms with E-state index in [1.165, 1.54) is 4.90 Å². The molecule has 25 heavy (non-hydrogen) atoms. The molecule has 1 atom stereocenters. The molecule has 4 rings (SSSR count). The van der Waals surface area contributed by atoms with E-state index in [1.54, 1.807) is 19.9 Å². The number of aryl methyl sites for hydroxylation is 1. The van der Waals surface area contributed by atoms with Crippen molar-refractivity contribution in [3.05, 3.63) is 65.5 Å². The molecule has 0 radical (unpaired) electrons. The molecule has 1 aliphatic heterocycles. The largest absolute Gasteiger partial charge is 0.361 e. The molecule has 0 aliphatic carbocycles. The van der Waals surface area contributed by atoms with Gasteiger partial charge in [0, 0.05) is 6.07 Å². The van der Waals surface area contributed by atoms with Gasteiger partial charge in [0.2, 0.25) is 0 Å². The molecule has 1 fully saturated rings. The van der Waals surface area contributed by atoms with Gasteiger partial charge in [-0.3, -0.25) is 9.69 Å². The third-order valence-corrected chi connectivity index (χ3v) is 4.60. The van der Waals surface area contributed by atoms with Gasteiger partial charge in [0.1, 0.15) is 17.0 Å². The van der Waals surface area contributed by atoms with Crippen molar-refractivity contribution in [2.24, 2.45) is 0 Å². The Morgan fingerprint density at radius 3 is 2.60 bits per heavy atom. The molecule has 3 aromatic rings. The Balaban J connectivity index is 1.68. The predicted octanol–water partition coefficient (Wildman–Crippen LogP) is 3.10. The van der Waals surface area contributed by atoms with E-state index in [2.05, 4.69) is 10.5 Å². The molecular formula is C19H17N3O3. The number of urea groups is 1. The van der Waals surface area contributed by atoms with Crippen molar-refractivity contribution in [3.8, 4) is 0 Å². The minimum atomic E-state index is -1.10. The summed E-state index contributed by atoms with van der Waals surface area (Å²) in [6.07, 6.45) is 0. The number of carbonyl (C=O) groups excluding carboxylic acids is 2. The van der Waals surface area contributed by atoms with E-state index >= 15 is 0 Å². The molecule has 2 aromatic carbocycles. The standard InChI is InChI=1S/C19H17N3O3/c1-12-9-16(21-25-12)11-22-17(23)19(2,20-18(22)24)15-8-7-13-5-3-4-6-14(13)10-15/h3-10H,11H2,1-2H3,(H,20,24)/t19-/m0/s1. The van der Waals surface area contributed by atoms with E-state index < -0.39 is 11.6 Å². The molecule has 0 spiro atoms. The maximum absolute atomic E-state index is 13.0. The lowest BCUT2D eigenvalue weighted by Crippen LogP contribution is -2.40. The van der Waals surface area contributed by atoms with Crippen LogP contribution in [0.25, 0.3) is 10.8 Å². The van der Waals surface area contributed by atoms with Crippen molar-refractivity contribution in [2.45, 2.75) is 25.9 Å². The SMILES string of the molecule is Cc1cc(CN2C(=O)N[C@@](C)(c3ccc4ccccc4c3)C2=O)no1. The smallest absolute Gasteiger partial charge is 0.325 e. The van der Waals surface area contributed by atoms with Gasteiger partial charge in [-0.15, -0.1) is 0 Å². The van der Waals surface area contributed by atoms with Gasteiger partial charge in [-0.2, -0.15) is 0 Å². The van der Waals surface area contributed by atoms with E-state index in [9.17, 15) is 9.59 Å². The fourth-order valence-electron chi connectivity index (χ4n) is 3.19. The van der Waals surface area contributed by atoms with E-state index in [0.717, 1.165) is 16.3 Å². The number of rotatable bonds is 3. The molecule has 126 valence electrons. The summed E-state index contributed by atoms with van der Waals surface area (Å²) in [5.74, 6) is 0.341. The van der Waals surface area contributed by atoms with Crippen LogP contribution in [0.1, 0.15) is 23.9 Å². The molecule has 0 saturated carbocycles. The number of aromatic nitrogens is 1. The monoisotopic (exact) mass is 335 g/mol. The number of nitrogens with zero attached hydrogens (tertiary/aromatic N) is 2. The number of benzene rings is 2. The van der Waals surface area contributed by atoms with Gasteiger partial charge in [0.05, 0.1) is 6.54 Å². The highest BCUT2D eigenvalue weighted by Crippen LogP contribution is 2.31. The Hall–Kier alpha value is -3.15. The van der Waals surface area contributed by atoms with Gasteiger partial charge in [-0.1, -0.05) is 41.6 Å². The Bertz CT molecular complexity index is 994. The Morgan fingerprint density at radius 2 is 1.88 bits per heavy atom. The highest BCUT2D eigenvalue weighted by molar-refractivity contribution is 6.07. The maximum Gasteiger partial charge on any atom is 0.325 e. The number of amides is 3. The third-order valence-electron chi connectivity index (χ3n) is 4.60. The molecule has 1 saturated heterocycles. The summed E-state index contributed by atoms with van der Waals surface area (Å²) in [7, 11) is 0. The lowest BCUT2D eigenvalue weighted by Gasteiger charge is -2.22. The quantitative estimate of drug-likeness (QED) is 0.746. The highest BCUT2D eigenvalue weighted by atomic mass is 16.5. The summed E-state index contributed by atoms with van der Waals surface area (Å²) in [6.45, 7) is 3.58. The van der Waals surface area contributed by atoms with Crippen LogP contribution in [-0.4, -0.2) is 22.0 Å². The lowest BCUT2D eigenvalue weighted by molar-refractivity contribution is -0.131. The predicted molar refractivity (Wildman–Crippen MR) is 91.6 cm³/mol. The van der Waals surface area contributed by atoms with Crippen LogP contribution in [0.5, 0.6) is 0 Å². The number of hydrogen-bond donors (Lipinski definition) is 1. The molecule has 2 heterocycles. The topological polar surface area (TPSA) is 75.4 Å². The number of carbonyl (C=O) groups is 2. The van der Waals surface area contributed by atoms with E-state index in [1.807, 2.05) is 42.5 Å². The fourth-order valence-corrected chi connectivity index (χ4v) is 3.19. The van der Waals surface area contributed by atoms with E-state index in [-0.39, 0.29) is 12.5 Å². The van der Waals surface area contributed by atoms with Gasteiger partial charge >= 0.3 is 6.03 Å².